The lowest BCUT2D eigenvalue weighted by Crippen LogP contribution is -2.29. The molecule has 1 aliphatic rings. The maximum atomic E-state index is 13.6. The van der Waals surface area contributed by atoms with Gasteiger partial charge in [-0.3, -0.25) is 9.89 Å². The maximum Gasteiger partial charge on any atom is 0.273 e. The standard InChI is InChI=1S/C29H31N3O5/c1-18(2)13-15-37-23-12-9-20(16-24(23)35-4)28-25-26(19-7-10-21(34-3)11-8-19)30-31-27(25)29(33)32(28)17-22-6-5-14-36-22/h5-12,14,16,18,28H,13,15,17H2,1-4H3,(H,30,31). The van der Waals surface area contributed by atoms with Gasteiger partial charge < -0.3 is 23.5 Å². The van der Waals surface area contributed by atoms with Gasteiger partial charge in [0.05, 0.1) is 45.4 Å². The quantitative estimate of drug-likeness (QED) is 0.293. The van der Waals surface area contributed by atoms with Crippen molar-refractivity contribution < 1.29 is 23.4 Å². The van der Waals surface area contributed by atoms with Crippen LogP contribution in [0.2, 0.25) is 0 Å². The normalized spacial score (nSPS) is 14.8. The van der Waals surface area contributed by atoms with Gasteiger partial charge in [-0.25, -0.2) is 0 Å². The molecule has 2 aromatic heterocycles. The van der Waals surface area contributed by atoms with Crippen molar-refractivity contribution in [2.45, 2.75) is 32.9 Å². The molecule has 1 N–H and O–H groups in total. The SMILES string of the molecule is COc1ccc(-c2n[nH]c3c2C(c2ccc(OCCC(C)C)c(OC)c2)N(Cc2ccco2)C3=O)cc1. The number of hydrogen-bond donors (Lipinski definition) is 1. The van der Waals surface area contributed by atoms with E-state index in [0.29, 0.717) is 47.7 Å². The Labute approximate surface area is 216 Å². The average molecular weight is 502 g/mol. The Morgan fingerprint density at radius 3 is 2.54 bits per heavy atom. The minimum atomic E-state index is -0.401. The van der Waals surface area contributed by atoms with Crippen LogP contribution >= 0.6 is 0 Å². The van der Waals surface area contributed by atoms with Crippen molar-refractivity contribution in [2.75, 3.05) is 20.8 Å². The van der Waals surface area contributed by atoms with Crippen molar-refractivity contribution in [3.8, 4) is 28.5 Å². The van der Waals surface area contributed by atoms with Crippen molar-refractivity contribution in [3.05, 3.63) is 83.4 Å². The summed E-state index contributed by atoms with van der Waals surface area (Å²) in [6.45, 7) is 5.25. The molecular weight excluding hydrogens is 470 g/mol. The number of methoxy groups -OCH3 is 2. The Hall–Kier alpha value is -4.20. The van der Waals surface area contributed by atoms with Crippen molar-refractivity contribution in [1.29, 1.82) is 0 Å². The summed E-state index contributed by atoms with van der Waals surface area (Å²) < 4.78 is 22.6. The molecule has 0 radical (unpaired) electrons. The zero-order valence-electron chi connectivity index (χ0n) is 21.5. The number of rotatable bonds is 10. The van der Waals surface area contributed by atoms with Crippen molar-refractivity contribution in [1.82, 2.24) is 15.1 Å². The molecule has 5 rings (SSSR count). The van der Waals surface area contributed by atoms with Gasteiger partial charge in [-0.1, -0.05) is 19.9 Å². The highest BCUT2D eigenvalue weighted by Gasteiger charge is 2.42. The molecule has 2 aromatic carbocycles. The van der Waals surface area contributed by atoms with Gasteiger partial charge in [-0.15, -0.1) is 0 Å². The van der Waals surface area contributed by atoms with Crippen LogP contribution in [0.25, 0.3) is 11.3 Å². The number of aromatic nitrogens is 2. The molecule has 0 saturated carbocycles. The average Bonchev–Trinajstić information content (AvgIpc) is 3.64. The molecule has 0 fully saturated rings. The Bertz CT molecular complexity index is 1360. The number of hydrogen-bond acceptors (Lipinski definition) is 6. The van der Waals surface area contributed by atoms with Crippen LogP contribution in [0.4, 0.5) is 0 Å². The predicted molar refractivity (Wildman–Crippen MR) is 139 cm³/mol. The molecule has 0 aliphatic carbocycles. The van der Waals surface area contributed by atoms with Gasteiger partial charge in [0.25, 0.3) is 5.91 Å². The molecule has 0 bridgehead atoms. The number of carbonyl (C=O) groups excluding carboxylic acids is 1. The molecule has 37 heavy (non-hydrogen) atoms. The lowest BCUT2D eigenvalue weighted by atomic mass is 9.95. The van der Waals surface area contributed by atoms with E-state index in [1.54, 1.807) is 25.4 Å². The van der Waals surface area contributed by atoms with Crippen molar-refractivity contribution in [2.24, 2.45) is 5.92 Å². The molecule has 1 aliphatic heterocycles. The number of nitrogens with zero attached hydrogens (tertiary/aromatic N) is 2. The van der Waals surface area contributed by atoms with E-state index in [9.17, 15) is 4.79 Å². The topological polar surface area (TPSA) is 89.8 Å². The molecule has 4 aromatic rings. The van der Waals surface area contributed by atoms with Gasteiger partial charge in [-0.05, 0) is 66.4 Å². The van der Waals surface area contributed by atoms with Gasteiger partial charge in [0.2, 0.25) is 0 Å². The van der Waals surface area contributed by atoms with E-state index in [1.807, 2.05) is 54.6 Å². The van der Waals surface area contributed by atoms with Gasteiger partial charge >= 0.3 is 0 Å². The summed E-state index contributed by atoms with van der Waals surface area (Å²) in [6, 6.07) is 16.8. The highest BCUT2D eigenvalue weighted by Crippen LogP contribution is 2.45. The molecule has 1 amide bonds. The van der Waals surface area contributed by atoms with E-state index in [2.05, 4.69) is 24.0 Å². The lowest BCUT2D eigenvalue weighted by molar-refractivity contribution is 0.0716. The predicted octanol–water partition coefficient (Wildman–Crippen LogP) is 5.86. The monoisotopic (exact) mass is 501 g/mol. The number of benzene rings is 2. The van der Waals surface area contributed by atoms with E-state index in [1.165, 1.54) is 0 Å². The molecule has 0 spiro atoms. The van der Waals surface area contributed by atoms with E-state index in [0.717, 1.165) is 28.9 Å². The first-order valence-corrected chi connectivity index (χ1v) is 12.4. The summed E-state index contributed by atoms with van der Waals surface area (Å²) >= 11 is 0. The summed E-state index contributed by atoms with van der Waals surface area (Å²) in [5.74, 6) is 3.15. The molecule has 1 unspecified atom stereocenters. The smallest absolute Gasteiger partial charge is 0.273 e. The third-order valence-electron chi connectivity index (χ3n) is 6.59. The Kier molecular flexibility index (Phi) is 6.90. The largest absolute Gasteiger partial charge is 0.497 e. The first kappa shape index (κ1) is 24.5. The first-order valence-electron chi connectivity index (χ1n) is 12.4. The van der Waals surface area contributed by atoms with Crippen LogP contribution in [0.15, 0.2) is 65.3 Å². The second-order valence-corrected chi connectivity index (χ2v) is 9.45. The molecule has 0 saturated heterocycles. The summed E-state index contributed by atoms with van der Waals surface area (Å²) in [6.07, 6.45) is 2.56. The zero-order chi connectivity index (χ0) is 25.9. The summed E-state index contributed by atoms with van der Waals surface area (Å²) in [4.78, 5) is 15.4. The number of fused-ring (bicyclic) bond motifs is 1. The van der Waals surface area contributed by atoms with Crippen LogP contribution in [0.5, 0.6) is 17.2 Å². The number of ether oxygens (including phenoxy) is 3. The number of carbonyl (C=O) groups is 1. The van der Waals surface area contributed by atoms with E-state index >= 15 is 0 Å². The Morgan fingerprint density at radius 2 is 1.86 bits per heavy atom. The number of aromatic amines is 1. The number of nitrogens with one attached hydrogen (secondary N) is 1. The first-order chi connectivity index (χ1) is 18.0. The number of H-pyrrole nitrogens is 1. The third kappa shape index (κ3) is 4.79. The van der Waals surface area contributed by atoms with Crippen LogP contribution < -0.4 is 14.2 Å². The highest BCUT2D eigenvalue weighted by molar-refractivity contribution is 6.00. The minimum Gasteiger partial charge on any atom is -0.497 e. The van der Waals surface area contributed by atoms with E-state index in [-0.39, 0.29) is 5.91 Å². The zero-order valence-corrected chi connectivity index (χ0v) is 21.5. The van der Waals surface area contributed by atoms with E-state index < -0.39 is 6.04 Å². The van der Waals surface area contributed by atoms with Crippen molar-refractivity contribution in [3.63, 3.8) is 0 Å². The second-order valence-electron chi connectivity index (χ2n) is 9.45. The number of amides is 1. The summed E-state index contributed by atoms with van der Waals surface area (Å²) in [5.41, 5.74) is 3.78. The Morgan fingerprint density at radius 1 is 1.05 bits per heavy atom. The molecule has 8 nitrogen and oxygen atoms in total. The number of furan rings is 1. The minimum absolute atomic E-state index is 0.139. The molecule has 1 atom stereocenters. The van der Waals surface area contributed by atoms with Gasteiger partial charge in [0, 0.05) is 11.1 Å². The third-order valence-corrected chi connectivity index (χ3v) is 6.59. The van der Waals surface area contributed by atoms with Crippen LogP contribution in [0.3, 0.4) is 0 Å². The van der Waals surface area contributed by atoms with Crippen molar-refractivity contribution >= 4 is 5.91 Å². The summed E-state index contributed by atoms with van der Waals surface area (Å²) in [7, 11) is 3.26. The maximum absolute atomic E-state index is 13.6. The molecule has 192 valence electrons. The summed E-state index contributed by atoms with van der Waals surface area (Å²) in [5, 5.41) is 7.54. The Balaban J connectivity index is 1.57. The second kappa shape index (κ2) is 10.4. The fraction of sp³-hybridized carbons (Fsp3) is 0.310. The van der Waals surface area contributed by atoms with Crippen LogP contribution in [0, 0.1) is 5.92 Å². The van der Waals surface area contributed by atoms with Crippen LogP contribution in [-0.2, 0) is 6.54 Å². The molecule has 8 heteroatoms. The molecule has 3 heterocycles. The van der Waals surface area contributed by atoms with Crippen LogP contribution in [-0.4, -0.2) is 41.8 Å². The van der Waals surface area contributed by atoms with Crippen LogP contribution in [0.1, 0.15) is 53.7 Å². The molecular formula is C29H31N3O5. The fourth-order valence-corrected chi connectivity index (χ4v) is 4.62. The fourth-order valence-electron chi connectivity index (χ4n) is 4.62. The van der Waals surface area contributed by atoms with E-state index in [4.69, 9.17) is 18.6 Å². The lowest BCUT2D eigenvalue weighted by Gasteiger charge is -2.26. The van der Waals surface area contributed by atoms with Gasteiger partial charge in [-0.2, -0.15) is 5.10 Å². The van der Waals surface area contributed by atoms with Gasteiger partial charge in [0.15, 0.2) is 11.5 Å². The highest BCUT2D eigenvalue weighted by atomic mass is 16.5. The van der Waals surface area contributed by atoms with Gasteiger partial charge in [0.1, 0.15) is 17.2 Å².